The quantitative estimate of drug-likeness (QED) is 0.744. The van der Waals surface area contributed by atoms with Crippen LogP contribution in [0.15, 0.2) is 23.3 Å². The molecule has 0 saturated carbocycles. The highest BCUT2D eigenvalue weighted by Crippen LogP contribution is 2.24. The second-order valence-corrected chi connectivity index (χ2v) is 6.61. The van der Waals surface area contributed by atoms with E-state index in [0.717, 1.165) is 40.8 Å². The van der Waals surface area contributed by atoms with Crippen LogP contribution in [0.4, 0.5) is 5.82 Å². The summed E-state index contributed by atoms with van der Waals surface area (Å²) in [5.41, 5.74) is 2.48. The Hall–Kier alpha value is -2.41. The number of nitrogens with zero attached hydrogens (tertiary/aromatic N) is 4. The van der Waals surface area contributed by atoms with E-state index in [9.17, 15) is 4.79 Å². The lowest BCUT2D eigenvalue weighted by Gasteiger charge is -2.26. The van der Waals surface area contributed by atoms with Crippen LogP contribution in [0, 0.1) is 0 Å². The number of likely N-dealkylation sites (tertiary alicyclic amines) is 1. The maximum absolute atomic E-state index is 12.0. The topological polar surface area (TPSA) is 78.8 Å². The highest BCUT2D eigenvalue weighted by atomic mass is 16.1. The molecule has 3 heterocycles. The number of piperidine rings is 1. The molecule has 1 aliphatic rings. The van der Waals surface area contributed by atoms with Gasteiger partial charge in [-0.05, 0) is 45.0 Å². The first-order valence-corrected chi connectivity index (χ1v) is 9.10. The van der Waals surface area contributed by atoms with Gasteiger partial charge in [-0.2, -0.15) is 0 Å². The Bertz CT molecular complexity index is 938. The molecule has 1 saturated heterocycles. The van der Waals surface area contributed by atoms with E-state index >= 15 is 0 Å². The predicted molar refractivity (Wildman–Crippen MR) is 100 cm³/mol. The number of aryl methyl sites for hydroxylation is 1. The fraction of sp³-hybridized carbons (Fsp3) is 0.500. The summed E-state index contributed by atoms with van der Waals surface area (Å²) in [5, 5.41) is 4.39. The molecule has 0 spiro atoms. The van der Waals surface area contributed by atoms with E-state index in [1.54, 1.807) is 10.9 Å². The summed E-state index contributed by atoms with van der Waals surface area (Å²) in [6.45, 7) is 6.87. The summed E-state index contributed by atoms with van der Waals surface area (Å²) in [4.78, 5) is 26.2. The highest BCUT2D eigenvalue weighted by Gasteiger charge is 2.12. The molecular formula is C18H24N6O. The Labute approximate surface area is 146 Å². The van der Waals surface area contributed by atoms with Gasteiger partial charge in [0.15, 0.2) is 0 Å². The van der Waals surface area contributed by atoms with E-state index in [4.69, 9.17) is 0 Å². The molecule has 1 fully saturated rings. The molecule has 7 nitrogen and oxygen atoms in total. The molecule has 0 atom stereocenters. The number of nitrogens with one attached hydrogen (secondary N) is 2. The standard InChI is InChI=1S/C18H24N6O/c1-2-24-16-11-14-13(10-15(16)22-18(24)25)17(21-12-20-14)19-6-9-23-7-4-3-5-8-23/h10-12H,2-9H2,1H3,(H,22,25)(H,19,20,21). The zero-order valence-electron chi connectivity index (χ0n) is 14.6. The molecule has 0 radical (unpaired) electrons. The average Bonchev–Trinajstić information content (AvgIpc) is 2.95. The van der Waals surface area contributed by atoms with Gasteiger partial charge < -0.3 is 15.2 Å². The number of fused-ring (bicyclic) bond motifs is 2. The summed E-state index contributed by atoms with van der Waals surface area (Å²) in [5.74, 6) is 0.828. The number of anilines is 1. The van der Waals surface area contributed by atoms with Crippen LogP contribution < -0.4 is 11.0 Å². The Kier molecular flexibility index (Phi) is 4.40. The molecule has 1 aromatic carbocycles. The van der Waals surface area contributed by atoms with Crippen LogP contribution in [0.3, 0.4) is 0 Å². The third-order valence-electron chi connectivity index (χ3n) is 5.02. The van der Waals surface area contributed by atoms with E-state index in [2.05, 4.69) is 25.2 Å². The minimum absolute atomic E-state index is 0.0830. The van der Waals surface area contributed by atoms with Crippen molar-refractivity contribution in [2.24, 2.45) is 0 Å². The minimum Gasteiger partial charge on any atom is -0.368 e. The largest absolute Gasteiger partial charge is 0.368 e. The lowest BCUT2D eigenvalue weighted by atomic mass is 10.1. The molecule has 132 valence electrons. The normalized spacial score (nSPS) is 15.9. The van der Waals surface area contributed by atoms with Gasteiger partial charge in [-0.25, -0.2) is 14.8 Å². The van der Waals surface area contributed by atoms with Crippen molar-refractivity contribution in [3.8, 4) is 0 Å². The molecule has 0 bridgehead atoms. The van der Waals surface area contributed by atoms with Gasteiger partial charge in [0.05, 0.1) is 16.6 Å². The zero-order chi connectivity index (χ0) is 17.2. The Morgan fingerprint density at radius 3 is 2.84 bits per heavy atom. The third kappa shape index (κ3) is 3.11. The molecule has 2 N–H and O–H groups in total. The van der Waals surface area contributed by atoms with E-state index in [-0.39, 0.29) is 5.69 Å². The predicted octanol–water partition coefficient (Wildman–Crippen LogP) is 2.19. The lowest BCUT2D eigenvalue weighted by molar-refractivity contribution is 0.237. The highest BCUT2D eigenvalue weighted by molar-refractivity contribution is 5.98. The van der Waals surface area contributed by atoms with Crippen molar-refractivity contribution in [3.05, 3.63) is 28.9 Å². The molecule has 3 aromatic rings. The van der Waals surface area contributed by atoms with Gasteiger partial charge in [0, 0.05) is 25.0 Å². The fourth-order valence-electron chi connectivity index (χ4n) is 3.68. The molecular weight excluding hydrogens is 316 g/mol. The van der Waals surface area contributed by atoms with Gasteiger partial charge >= 0.3 is 5.69 Å². The van der Waals surface area contributed by atoms with Gasteiger partial charge in [-0.1, -0.05) is 6.42 Å². The van der Waals surface area contributed by atoms with Crippen LogP contribution in [-0.2, 0) is 6.54 Å². The lowest BCUT2D eigenvalue weighted by Crippen LogP contribution is -2.33. The van der Waals surface area contributed by atoms with Gasteiger partial charge in [0.2, 0.25) is 0 Å². The maximum Gasteiger partial charge on any atom is 0.326 e. The summed E-state index contributed by atoms with van der Waals surface area (Å²) in [7, 11) is 0. The first-order chi connectivity index (χ1) is 12.3. The Morgan fingerprint density at radius 2 is 2.04 bits per heavy atom. The van der Waals surface area contributed by atoms with Crippen LogP contribution in [0.25, 0.3) is 21.9 Å². The van der Waals surface area contributed by atoms with Gasteiger partial charge in [-0.15, -0.1) is 0 Å². The summed E-state index contributed by atoms with van der Waals surface area (Å²) < 4.78 is 1.72. The summed E-state index contributed by atoms with van der Waals surface area (Å²) >= 11 is 0. The van der Waals surface area contributed by atoms with E-state index in [0.29, 0.717) is 6.54 Å². The van der Waals surface area contributed by atoms with Gasteiger partial charge in [0.1, 0.15) is 12.1 Å². The van der Waals surface area contributed by atoms with Gasteiger partial charge in [-0.3, -0.25) is 4.57 Å². The zero-order valence-corrected chi connectivity index (χ0v) is 14.6. The van der Waals surface area contributed by atoms with Gasteiger partial charge in [0.25, 0.3) is 0 Å². The van der Waals surface area contributed by atoms with Crippen molar-refractivity contribution in [1.82, 2.24) is 24.4 Å². The Morgan fingerprint density at radius 1 is 1.20 bits per heavy atom. The van der Waals surface area contributed by atoms with Crippen LogP contribution in [0.1, 0.15) is 26.2 Å². The average molecular weight is 340 g/mol. The second kappa shape index (κ2) is 6.84. The van der Waals surface area contributed by atoms with Crippen molar-refractivity contribution >= 4 is 27.8 Å². The van der Waals surface area contributed by atoms with Crippen LogP contribution >= 0.6 is 0 Å². The third-order valence-corrected chi connectivity index (χ3v) is 5.02. The number of rotatable bonds is 5. The van der Waals surface area contributed by atoms with Crippen molar-refractivity contribution in [2.75, 3.05) is 31.5 Å². The first-order valence-electron chi connectivity index (χ1n) is 9.10. The number of aromatic nitrogens is 4. The van der Waals surface area contributed by atoms with Crippen LogP contribution in [-0.4, -0.2) is 50.6 Å². The monoisotopic (exact) mass is 340 g/mol. The molecule has 4 rings (SSSR count). The van der Waals surface area contributed by atoms with E-state index in [1.807, 2.05) is 19.1 Å². The minimum atomic E-state index is -0.0830. The number of hydrogen-bond donors (Lipinski definition) is 2. The SMILES string of the molecule is CCn1c(=O)[nH]c2cc3c(NCCN4CCCCC4)ncnc3cc21. The maximum atomic E-state index is 12.0. The van der Waals surface area contributed by atoms with E-state index < -0.39 is 0 Å². The molecule has 7 heteroatoms. The second-order valence-electron chi connectivity index (χ2n) is 6.61. The molecule has 0 aliphatic carbocycles. The molecule has 2 aromatic heterocycles. The number of hydrogen-bond acceptors (Lipinski definition) is 5. The Balaban J connectivity index is 1.60. The molecule has 0 amide bonds. The summed E-state index contributed by atoms with van der Waals surface area (Å²) in [6.07, 6.45) is 5.54. The van der Waals surface area contributed by atoms with Crippen molar-refractivity contribution in [2.45, 2.75) is 32.7 Å². The first kappa shape index (κ1) is 16.1. The molecule has 25 heavy (non-hydrogen) atoms. The fourth-order valence-corrected chi connectivity index (χ4v) is 3.68. The number of H-pyrrole nitrogens is 1. The number of imidazole rings is 1. The van der Waals surface area contributed by atoms with Crippen LogP contribution in [0.2, 0.25) is 0 Å². The molecule has 0 unspecified atom stereocenters. The molecule has 1 aliphatic heterocycles. The number of aromatic amines is 1. The number of benzene rings is 1. The van der Waals surface area contributed by atoms with Crippen molar-refractivity contribution < 1.29 is 0 Å². The van der Waals surface area contributed by atoms with Crippen molar-refractivity contribution in [1.29, 1.82) is 0 Å². The summed E-state index contributed by atoms with van der Waals surface area (Å²) in [6, 6.07) is 3.94. The van der Waals surface area contributed by atoms with Crippen LogP contribution in [0.5, 0.6) is 0 Å². The van der Waals surface area contributed by atoms with E-state index in [1.165, 1.54) is 32.4 Å². The smallest absolute Gasteiger partial charge is 0.326 e. The van der Waals surface area contributed by atoms with Crippen molar-refractivity contribution in [3.63, 3.8) is 0 Å².